The Morgan fingerprint density at radius 1 is 0.364 bits per heavy atom. The third-order valence-electron chi connectivity index (χ3n) is 7.84. The normalized spacial score (nSPS) is 11.6. The van der Waals surface area contributed by atoms with Gasteiger partial charge in [0.05, 0.1) is 24.8 Å². The van der Waals surface area contributed by atoms with Crippen molar-refractivity contribution >= 4 is 46.1 Å². The number of benzene rings is 6. The van der Waals surface area contributed by atoms with Crippen molar-refractivity contribution in [3.05, 3.63) is 158 Å². The van der Waals surface area contributed by atoms with Gasteiger partial charge in [-0.25, -0.2) is 0 Å². The summed E-state index contributed by atoms with van der Waals surface area (Å²) in [7, 11) is -3.87. The summed E-state index contributed by atoms with van der Waals surface area (Å²) in [6, 6.07) is 49.4. The fourth-order valence-corrected chi connectivity index (χ4v) is 11.8. The van der Waals surface area contributed by atoms with Crippen molar-refractivity contribution < 1.29 is 18.6 Å². The second-order valence-electron chi connectivity index (χ2n) is 10.3. The van der Waals surface area contributed by atoms with Crippen molar-refractivity contribution in [1.29, 1.82) is 0 Å². The van der Waals surface area contributed by atoms with Crippen LogP contribution >= 0.6 is 14.3 Å². The molecule has 0 bridgehead atoms. The monoisotopic (exact) mass is 614 g/mol. The minimum atomic E-state index is -3.53. The highest BCUT2D eigenvalue weighted by atomic mass is 31.2. The SMILES string of the molecule is COc1cccc(-c2cccc(OC)c2P(=O)(c2ccccc2)c2ccccc2)c1P(=O)(c1ccccc1)c1ccccc1. The molecule has 0 radical (unpaired) electrons. The van der Waals surface area contributed by atoms with Crippen molar-refractivity contribution in [2.45, 2.75) is 0 Å². The van der Waals surface area contributed by atoms with Crippen LogP contribution in [-0.2, 0) is 9.13 Å². The molecule has 0 aliphatic heterocycles. The molecule has 0 aliphatic rings. The van der Waals surface area contributed by atoms with Gasteiger partial charge in [0.1, 0.15) is 11.5 Å². The number of ether oxygens (including phenoxy) is 2. The smallest absolute Gasteiger partial charge is 0.175 e. The first kappa shape index (κ1) is 29.5. The van der Waals surface area contributed by atoms with Crippen LogP contribution in [0.3, 0.4) is 0 Å². The van der Waals surface area contributed by atoms with Crippen LogP contribution < -0.4 is 41.3 Å². The van der Waals surface area contributed by atoms with Gasteiger partial charge in [-0.05, 0) is 23.3 Å². The lowest BCUT2D eigenvalue weighted by Gasteiger charge is -2.28. The molecule has 0 atom stereocenters. The topological polar surface area (TPSA) is 52.6 Å². The van der Waals surface area contributed by atoms with Crippen molar-refractivity contribution in [2.75, 3.05) is 14.2 Å². The molecule has 6 heteroatoms. The molecule has 0 amide bonds. The van der Waals surface area contributed by atoms with Gasteiger partial charge in [0.15, 0.2) is 14.3 Å². The molecule has 0 heterocycles. The van der Waals surface area contributed by atoms with Gasteiger partial charge in [-0.3, -0.25) is 0 Å². The second-order valence-corrected chi connectivity index (χ2v) is 15.7. The van der Waals surface area contributed by atoms with Crippen LogP contribution in [0, 0.1) is 0 Å². The van der Waals surface area contributed by atoms with E-state index < -0.39 is 14.3 Å². The molecule has 0 aliphatic carbocycles. The zero-order chi connectivity index (χ0) is 30.6. The third kappa shape index (κ3) is 5.01. The van der Waals surface area contributed by atoms with Gasteiger partial charge in [-0.15, -0.1) is 0 Å². The molecule has 0 aromatic heterocycles. The van der Waals surface area contributed by atoms with Gasteiger partial charge in [0.25, 0.3) is 0 Å². The van der Waals surface area contributed by atoms with Crippen molar-refractivity contribution in [3.8, 4) is 22.6 Å². The second kappa shape index (κ2) is 12.5. The minimum absolute atomic E-state index is 0.488. The Morgan fingerprint density at radius 2 is 0.636 bits per heavy atom. The number of hydrogen-bond acceptors (Lipinski definition) is 4. The molecule has 6 aromatic carbocycles. The summed E-state index contributed by atoms with van der Waals surface area (Å²) in [5, 5.41) is 3.79. The number of rotatable bonds is 9. The Morgan fingerprint density at radius 3 is 0.886 bits per heavy atom. The van der Waals surface area contributed by atoms with Crippen LogP contribution in [-0.4, -0.2) is 14.2 Å². The van der Waals surface area contributed by atoms with E-state index in [0.717, 1.165) is 0 Å². The largest absolute Gasteiger partial charge is 0.496 e. The van der Waals surface area contributed by atoms with E-state index in [4.69, 9.17) is 9.47 Å². The summed E-state index contributed by atoms with van der Waals surface area (Å²) in [5.41, 5.74) is 1.34. The summed E-state index contributed by atoms with van der Waals surface area (Å²) in [4.78, 5) is 0. The molecule has 218 valence electrons. The van der Waals surface area contributed by atoms with Crippen LogP contribution in [0.4, 0.5) is 0 Å². The van der Waals surface area contributed by atoms with Gasteiger partial charge in [0, 0.05) is 21.2 Å². The molecule has 0 unspecified atom stereocenters. The Hall–Kier alpha value is -4.62. The zero-order valence-corrected chi connectivity index (χ0v) is 26.3. The molecule has 44 heavy (non-hydrogen) atoms. The molecule has 6 aromatic rings. The lowest BCUT2D eigenvalue weighted by atomic mass is 10.0. The van der Waals surface area contributed by atoms with Crippen LogP contribution in [0.25, 0.3) is 11.1 Å². The van der Waals surface area contributed by atoms with Crippen molar-refractivity contribution in [2.24, 2.45) is 0 Å². The average molecular weight is 615 g/mol. The fraction of sp³-hybridized carbons (Fsp3) is 0.0526. The molecule has 0 fully saturated rings. The maximum absolute atomic E-state index is 15.9. The van der Waals surface area contributed by atoms with E-state index in [1.807, 2.05) is 158 Å². The zero-order valence-electron chi connectivity index (χ0n) is 24.5. The van der Waals surface area contributed by atoms with E-state index in [1.165, 1.54) is 0 Å². The van der Waals surface area contributed by atoms with E-state index in [2.05, 4.69) is 0 Å². The van der Waals surface area contributed by atoms with Crippen LogP contribution in [0.2, 0.25) is 0 Å². The van der Waals surface area contributed by atoms with Gasteiger partial charge >= 0.3 is 0 Å². The van der Waals surface area contributed by atoms with Gasteiger partial charge in [-0.1, -0.05) is 146 Å². The third-order valence-corrected chi connectivity index (χ3v) is 14.1. The van der Waals surface area contributed by atoms with E-state index in [0.29, 0.717) is 54.5 Å². The summed E-state index contributed by atoms with van der Waals surface area (Å²) in [6.07, 6.45) is 0. The average Bonchev–Trinajstić information content (AvgIpc) is 3.11. The lowest BCUT2D eigenvalue weighted by Crippen LogP contribution is -2.31. The number of methoxy groups -OCH3 is 2. The van der Waals surface area contributed by atoms with Gasteiger partial charge in [-0.2, -0.15) is 0 Å². The predicted octanol–water partition coefficient (Wildman–Crippen LogP) is 6.65. The Kier molecular flexibility index (Phi) is 8.40. The van der Waals surface area contributed by atoms with E-state index in [-0.39, 0.29) is 0 Å². The quantitative estimate of drug-likeness (QED) is 0.171. The van der Waals surface area contributed by atoms with E-state index >= 15 is 9.13 Å². The van der Waals surface area contributed by atoms with E-state index in [1.54, 1.807) is 14.2 Å². The molecular formula is C38H32O4P2. The predicted molar refractivity (Wildman–Crippen MR) is 184 cm³/mol. The Balaban J connectivity index is 1.76. The molecule has 0 spiro atoms. The van der Waals surface area contributed by atoms with Gasteiger partial charge < -0.3 is 18.6 Å². The summed E-state index contributed by atoms with van der Waals surface area (Å²) in [6.45, 7) is 0. The fourth-order valence-electron chi connectivity index (χ4n) is 5.82. The molecular weight excluding hydrogens is 582 g/mol. The van der Waals surface area contributed by atoms with Crippen molar-refractivity contribution in [3.63, 3.8) is 0 Å². The Labute approximate surface area is 258 Å². The summed E-state index contributed by atoms with van der Waals surface area (Å²) in [5.74, 6) is 0.975. The maximum Gasteiger partial charge on any atom is 0.175 e. The molecule has 6 rings (SSSR count). The summed E-state index contributed by atoms with van der Waals surface area (Å²) >= 11 is 0. The first-order valence-corrected chi connectivity index (χ1v) is 17.7. The Bertz CT molecular complexity index is 1740. The highest BCUT2D eigenvalue weighted by molar-refractivity contribution is 7.86. The van der Waals surface area contributed by atoms with Crippen molar-refractivity contribution in [1.82, 2.24) is 0 Å². The molecule has 0 N–H and O–H groups in total. The lowest BCUT2D eigenvalue weighted by molar-refractivity contribution is 0.417. The van der Waals surface area contributed by atoms with Crippen LogP contribution in [0.15, 0.2) is 158 Å². The maximum atomic E-state index is 15.9. The summed E-state index contributed by atoms with van der Waals surface area (Å²) < 4.78 is 43.7. The highest BCUT2D eigenvalue weighted by Gasteiger charge is 2.39. The van der Waals surface area contributed by atoms with Gasteiger partial charge in [0.2, 0.25) is 0 Å². The molecule has 0 saturated carbocycles. The van der Waals surface area contributed by atoms with Crippen LogP contribution in [0.1, 0.15) is 0 Å². The molecule has 0 saturated heterocycles. The van der Waals surface area contributed by atoms with Crippen LogP contribution in [0.5, 0.6) is 11.5 Å². The first-order chi connectivity index (χ1) is 21.5. The number of hydrogen-bond donors (Lipinski definition) is 0. The minimum Gasteiger partial charge on any atom is -0.496 e. The molecule has 4 nitrogen and oxygen atoms in total. The first-order valence-electron chi connectivity index (χ1n) is 14.3. The standard InChI is InChI=1S/C38H32O4P2/c1-41-35-27-15-25-33(37(35)43(39,29-17-7-3-8-18-29)30-19-9-4-10-20-30)34-26-16-28-36(42-2)38(34)44(40,31-21-11-5-12-22-31)32-23-13-6-14-24-32/h3-28H,1-2H3. The van der Waals surface area contributed by atoms with E-state index in [9.17, 15) is 0 Å². The highest BCUT2D eigenvalue weighted by Crippen LogP contribution is 2.52.